The fraction of sp³-hybridized carbons (Fsp3) is 0.556. The van der Waals surface area contributed by atoms with Crippen molar-refractivity contribution >= 4 is 17.3 Å². The molecule has 1 fully saturated rings. The Hall–Kier alpha value is -2.65. The van der Waals surface area contributed by atoms with Crippen molar-refractivity contribution < 1.29 is 14.3 Å². The van der Waals surface area contributed by atoms with Crippen LogP contribution < -0.4 is 0 Å². The lowest BCUT2D eigenvalue weighted by molar-refractivity contribution is -0.138. The molecule has 1 N–H and O–H groups in total. The number of aromatic nitrogens is 4. The van der Waals surface area contributed by atoms with E-state index >= 15 is 0 Å². The van der Waals surface area contributed by atoms with Crippen molar-refractivity contribution in [2.75, 3.05) is 19.6 Å². The fourth-order valence-electron chi connectivity index (χ4n) is 5.52. The molecule has 3 aromatic rings. The first-order valence-corrected chi connectivity index (χ1v) is 13.6. The van der Waals surface area contributed by atoms with Crippen LogP contribution in [-0.2, 0) is 31.1 Å². The van der Waals surface area contributed by atoms with E-state index in [1.54, 1.807) is 6.07 Å². The van der Waals surface area contributed by atoms with Gasteiger partial charge in [0.25, 0.3) is 0 Å². The lowest BCUT2D eigenvalue weighted by atomic mass is 9.76. The summed E-state index contributed by atoms with van der Waals surface area (Å²) in [6.07, 6.45) is 5.78. The molecule has 0 spiro atoms. The summed E-state index contributed by atoms with van der Waals surface area (Å²) in [5.41, 5.74) is 5.17. The smallest absolute Gasteiger partial charge is 0.303 e. The summed E-state index contributed by atoms with van der Waals surface area (Å²) in [5, 5.41) is 24.0. The van der Waals surface area contributed by atoms with Gasteiger partial charge in [-0.25, -0.2) is 4.39 Å². The average Bonchev–Trinajstić information content (AvgIpc) is 3.43. The maximum Gasteiger partial charge on any atom is 0.303 e. The van der Waals surface area contributed by atoms with Crippen LogP contribution in [0.1, 0.15) is 56.4 Å². The molecule has 1 saturated heterocycles. The minimum atomic E-state index is -0.721. The minimum Gasteiger partial charge on any atom is -0.481 e. The molecule has 5 rings (SSSR count). The second kappa shape index (κ2) is 10.0. The molecule has 2 aliphatic rings. The lowest BCUT2D eigenvalue weighted by Crippen LogP contribution is -2.35. The van der Waals surface area contributed by atoms with Gasteiger partial charge in [0, 0.05) is 36.8 Å². The van der Waals surface area contributed by atoms with Gasteiger partial charge in [-0.05, 0) is 74.6 Å². The van der Waals surface area contributed by atoms with Crippen molar-refractivity contribution in [1.29, 1.82) is 0 Å². The van der Waals surface area contributed by atoms with E-state index in [1.807, 2.05) is 23.9 Å². The van der Waals surface area contributed by atoms with E-state index in [0.717, 1.165) is 68.0 Å². The van der Waals surface area contributed by atoms with Crippen LogP contribution in [0.3, 0.4) is 0 Å². The Labute approximate surface area is 215 Å². The van der Waals surface area contributed by atoms with Crippen molar-refractivity contribution in [3.63, 3.8) is 0 Å². The first-order valence-electron chi connectivity index (χ1n) is 12.8. The number of nitrogens with zero attached hydrogens (tertiary/aromatic N) is 5. The van der Waals surface area contributed by atoms with Crippen LogP contribution in [-0.4, -0.2) is 55.6 Å². The Kier molecular flexibility index (Phi) is 6.96. The van der Waals surface area contributed by atoms with Gasteiger partial charge >= 0.3 is 5.97 Å². The SMILES string of the molecule is Cn1nc(-c2nnc(-c3ccc(CCN4CCC(CC(=O)O)CC4)c(F)c3)s2)c2c1CC(C)(C)CC2. The van der Waals surface area contributed by atoms with E-state index < -0.39 is 5.97 Å². The molecule has 1 aromatic carbocycles. The highest BCUT2D eigenvalue weighted by atomic mass is 32.1. The summed E-state index contributed by atoms with van der Waals surface area (Å²) in [6, 6.07) is 5.35. The summed E-state index contributed by atoms with van der Waals surface area (Å²) in [5.74, 6) is -0.681. The zero-order valence-electron chi connectivity index (χ0n) is 21.3. The zero-order chi connectivity index (χ0) is 25.4. The van der Waals surface area contributed by atoms with Gasteiger partial charge in [0.1, 0.15) is 16.5 Å². The number of aryl methyl sites for hydroxylation is 1. The fourth-order valence-corrected chi connectivity index (χ4v) is 6.37. The predicted octanol–water partition coefficient (Wildman–Crippen LogP) is 4.99. The number of hydrogen-bond donors (Lipinski definition) is 1. The van der Waals surface area contributed by atoms with Gasteiger partial charge in [-0.3, -0.25) is 9.48 Å². The van der Waals surface area contributed by atoms with Gasteiger partial charge in [-0.1, -0.05) is 37.3 Å². The number of rotatable bonds is 7. The zero-order valence-corrected chi connectivity index (χ0v) is 22.1. The lowest BCUT2D eigenvalue weighted by Gasteiger charge is -2.31. The normalized spacial score (nSPS) is 18.3. The number of carboxylic acid groups (broad SMARTS) is 1. The van der Waals surface area contributed by atoms with E-state index in [-0.39, 0.29) is 23.6 Å². The van der Waals surface area contributed by atoms with Crippen molar-refractivity contribution in [1.82, 2.24) is 24.9 Å². The van der Waals surface area contributed by atoms with E-state index in [0.29, 0.717) is 17.0 Å². The van der Waals surface area contributed by atoms with Crippen LogP contribution in [0.5, 0.6) is 0 Å². The van der Waals surface area contributed by atoms with Gasteiger partial charge in [0.05, 0.1) is 0 Å². The Morgan fingerprint density at radius 3 is 2.69 bits per heavy atom. The number of hydrogen-bond acceptors (Lipinski definition) is 6. The first kappa shape index (κ1) is 25.0. The van der Waals surface area contributed by atoms with Gasteiger partial charge in [0.2, 0.25) is 0 Å². The Morgan fingerprint density at radius 2 is 1.97 bits per heavy atom. The summed E-state index contributed by atoms with van der Waals surface area (Å²) < 4.78 is 17.0. The highest BCUT2D eigenvalue weighted by Crippen LogP contribution is 2.40. The molecular formula is C27H34FN5O2S. The average molecular weight is 512 g/mol. The topological polar surface area (TPSA) is 84.1 Å². The first-order chi connectivity index (χ1) is 17.2. The molecule has 0 amide bonds. The number of aliphatic carboxylic acids is 1. The van der Waals surface area contributed by atoms with Gasteiger partial charge < -0.3 is 10.0 Å². The van der Waals surface area contributed by atoms with Crippen LogP contribution in [0.25, 0.3) is 21.3 Å². The Morgan fingerprint density at radius 1 is 1.22 bits per heavy atom. The van der Waals surface area contributed by atoms with E-state index in [2.05, 4.69) is 28.9 Å². The number of piperidine rings is 1. The molecule has 0 unspecified atom stereocenters. The highest BCUT2D eigenvalue weighted by Gasteiger charge is 2.31. The van der Waals surface area contributed by atoms with Crippen molar-refractivity contribution in [3.05, 3.63) is 40.8 Å². The number of likely N-dealkylation sites (tertiary alicyclic amines) is 1. The molecule has 9 heteroatoms. The molecule has 0 atom stereocenters. The summed E-state index contributed by atoms with van der Waals surface area (Å²) in [4.78, 5) is 13.2. The number of halogens is 1. The maximum atomic E-state index is 15.0. The minimum absolute atomic E-state index is 0.220. The molecule has 0 bridgehead atoms. The largest absolute Gasteiger partial charge is 0.481 e. The van der Waals surface area contributed by atoms with Crippen molar-refractivity contribution in [2.24, 2.45) is 18.4 Å². The van der Waals surface area contributed by atoms with Crippen LogP contribution in [0.15, 0.2) is 18.2 Å². The second-order valence-corrected chi connectivity index (χ2v) is 12.1. The molecule has 36 heavy (non-hydrogen) atoms. The third kappa shape index (κ3) is 5.37. The number of benzene rings is 1. The molecule has 0 radical (unpaired) electrons. The van der Waals surface area contributed by atoms with Crippen LogP contribution in [0.2, 0.25) is 0 Å². The standard InChI is InChI=1S/C27H34FN5O2S/c1-27(2)10-6-20-22(16-27)32(3)31-24(20)26-30-29-25(36-26)19-5-4-18(21(28)15-19)9-13-33-11-7-17(8-12-33)14-23(34)35/h4-5,15,17H,6-14,16H2,1-3H3,(H,34,35). The van der Waals surface area contributed by atoms with Gasteiger partial charge in [0.15, 0.2) is 5.01 Å². The number of fused-ring (bicyclic) bond motifs is 1. The van der Waals surface area contributed by atoms with Crippen molar-refractivity contribution in [3.8, 4) is 21.3 Å². The maximum absolute atomic E-state index is 15.0. The van der Waals surface area contributed by atoms with E-state index in [1.165, 1.54) is 22.6 Å². The Balaban J connectivity index is 1.24. The molecule has 1 aliphatic heterocycles. The van der Waals surface area contributed by atoms with Gasteiger partial charge in [-0.15, -0.1) is 10.2 Å². The summed E-state index contributed by atoms with van der Waals surface area (Å²) >= 11 is 1.47. The molecule has 2 aromatic heterocycles. The third-order valence-corrected chi connectivity index (χ3v) is 8.75. The van der Waals surface area contributed by atoms with E-state index in [9.17, 15) is 9.18 Å². The van der Waals surface area contributed by atoms with E-state index in [4.69, 9.17) is 10.2 Å². The monoisotopic (exact) mass is 511 g/mol. The predicted molar refractivity (Wildman–Crippen MR) is 138 cm³/mol. The molecule has 192 valence electrons. The Bertz CT molecular complexity index is 1260. The molecule has 1 aliphatic carbocycles. The number of carbonyl (C=O) groups is 1. The van der Waals surface area contributed by atoms with Crippen LogP contribution in [0, 0.1) is 17.2 Å². The molecular weight excluding hydrogens is 477 g/mol. The van der Waals surface area contributed by atoms with Gasteiger partial charge in [-0.2, -0.15) is 5.10 Å². The second-order valence-electron chi connectivity index (χ2n) is 11.1. The van der Waals surface area contributed by atoms with Crippen LogP contribution in [0.4, 0.5) is 4.39 Å². The molecule has 3 heterocycles. The highest BCUT2D eigenvalue weighted by molar-refractivity contribution is 7.17. The third-order valence-electron chi connectivity index (χ3n) is 7.77. The summed E-state index contributed by atoms with van der Waals surface area (Å²) in [7, 11) is 2.00. The number of carboxylic acids is 1. The molecule has 0 saturated carbocycles. The van der Waals surface area contributed by atoms with Crippen molar-refractivity contribution in [2.45, 2.75) is 58.8 Å². The quantitative estimate of drug-likeness (QED) is 0.481. The summed E-state index contributed by atoms with van der Waals surface area (Å²) in [6.45, 7) is 7.13. The molecule has 7 nitrogen and oxygen atoms in total. The van der Waals surface area contributed by atoms with Crippen LogP contribution >= 0.6 is 11.3 Å².